The van der Waals surface area contributed by atoms with E-state index in [4.69, 9.17) is 5.11 Å². The maximum absolute atomic E-state index is 10.7. The summed E-state index contributed by atoms with van der Waals surface area (Å²) in [4.78, 5) is 14.8. The van der Waals surface area contributed by atoms with Crippen LogP contribution in [-0.4, -0.2) is 16.1 Å². The summed E-state index contributed by atoms with van der Waals surface area (Å²) >= 11 is 0. The number of aryl methyl sites for hydroxylation is 2. The van der Waals surface area contributed by atoms with Crippen LogP contribution in [0.2, 0.25) is 0 Å². The average molecular weight is 237 g/mol. The van der Waals surface area contributed by atoms with Gasteiger partial charge in [0.25, 0.3) is 0 Å². The van der Waals surface area contributed by atoms with Gasteiger partial charge in [-0.1, -0.05) is 34.1 Å². The second-order valence-corrected chi connectivity index (χ2v) is 4.49. The first-order valence-electron chi connectivity index (χ1n) is 6.06. The van der Waals surface area contributed by atoms with Gasteiger partial charge in [0.2, 0.25) is 0 Å². The van der Waals surface area contributed by atoms with Gasteiger partial charge < -0.3 is 5.11 Å². The lowest BCUT2D eigenvalue weighted by Gasteiger charge is -2.13. The normalized spacial score (nSPS) is 9.82. The van der Waals surface area contributed by atoms with E-state index in [-0.39, 0.29) is 5.69 Å². The number of pyridine rings is 1. The van der Waals surface area contributed by atoms with Gasteiger partial charge in [-0.25, -0.2) is 9.78 Å². The van der Waals surface area contributed by atoms with Gasteiger partial charge in [-0.2, -0.15) is 0 Å². The van der Waals surface area contributed by atoms with E-state index in [0.717, 1.165) is 16.8 Å². The van der Waals surface area contributed by atoms with Gasteiger partial charge in [-0.3, -0.25) is 0 Å². The van der Waals surface area contributed by atoms with Crippen LogP contribution in [-0.2, 0) is 0 Å². The third-order valence-electron chi connectivity index (χ3n) is 2.25. The summed E-state index contributed by atoms with van der Waals surface area (Å²) in [6, 6.07) is 1.63. The van der Waals surface area contributed by atoms with Crippen LogP contribution in [0.4, 0.5) is 0 Å². The molecule has 1 aromatic rings. The first-order valence-corrected chi connectivity index (χ1v) is 6.06. The van der Waals surface area contributed by atoms with Gasteiger partial charge in [-0.15, -0.1) is 0 Å². The summed E-state index contributed by atoms with van der Waals surface area (Å²) in [7, 11) is 0. The molecular formula is C14H23NO2. The monoisotopic (exact) mass is 237 g/mol. The Kier molecular flexibility index (Phi) is 6.47. The lowest BCUT2D eigenvalue weighted by atomic mass is 9.96. The van der Waals surface area contributed by atoms with Crippen LogP contribution < -0.4 is 0 Å². The number of carbonyl (C=O) groups is 1. The minimum Gasteiger partial charge on any atom is -0.477 e. The Morgan fingerprint density at radius 3 is 2.12 bits per heavy atom. The summed E-state index contributed by atoms with van der Waals surface area (Å²) < 4.78 is 0. The number of hydrogen-bond acceptors (Lipinski definition) is 2. The minimum atomic E-state index is -0.966. The molecule has 0 aliphatic carbocycles. The zero-order chi connectivity index (χ0) is 13.6. The van der Waals surface area contributed by atoms with Crippen molar-refractivity contribution in [2.75, 3.05) is 0 Å². The fraction of sp³-hybridized carbons (Fsp3) is 0.571. The lowest BCUT2D eigenvalue weighted by Crippen LogP contribution is -2.06. The van der Waals surface area contributed by atoms with Crippen molar-refractivity contribution in [3.05, 3.63) is 28.6 Å². The van der Waals surface area contributed by atoms with Crippen LogP contribution in [0.3, 0.4) is 0 Å². The van der Waals surface area contributed by atoms with E-state index >= 15 is 0 Å². The van der Waals surface area contributed by atoms with E-state index in [1.165, 1.54) is 6.42 Å². The van der Waals surface area contributed by atoms with Crippen molar-refractivity contribution in [3.63, 3.8) is 0 Å². The summed E-state index contributed by atoms with van der Waals surface area (Å²) in [6.07, 6.45) is 1.25. The molecule has 3 nitrogen and oxygen atoms in total. The molecule has 1 N–H and O–H groups in total. The largest absolute Gasteiger partial charge is 0.477 e. The highest BCUT2D eigenvalue weighted by molar-refractivity contribution is 5.85. The van der Waals surface area contributed by atoms with Gasteiger partial charge in [-0.05, 0) is 37.0 Å². The van der Waals surface area contributed by atoms with Gasteiger partial charge in [0, 0.05) is 5.69 Å². The summed E-state index contributed by atoms with van der Waals surface area (Å²) in [5, 5.41) is 8.80. The smallest absolute Gasteiger partial charge is 0.354 e. The van der Waals surface area contributed by atoms with Crippen molar-refractivity contribution >= 4 is 5.97 Å². The Morgan fingerprint density at radius 1 is 1.35 bits per heavy atom. The molecule has 0 saturated carbocycles. The minimum absolute atomic E-state index is 0.129. The molecule has 3 heteroatoms. The molecule has 0 aromatic carbocycles. The number of carboxylic acid groups (broad SMARTS) is 1. The van der Waals surface area contributed by atoms with E-state index in [1.54, 1.807) is 6.07 Å². The van der Waals surface area contributed by atoms with Gasteiger partial charge >= 0.3 is 5.97 Å². The quantitative estimate of drug-likeness (QED) is 0.847. The molecule has 0 radical (unpaired) electrons. The van der Waals surface area contributed by atoms with Crippen LogP contribution in [0.5, 0.6) is 0 Å². The molecule has 0 bridgehead atoms. The van der Waals surface area contributed by atoms with E-state index < -0.39 is 5.97 Å². The predicted molar refractivity (Wildman–Crippen MR) is 70.7 cm³/mol. The van der Waals surface area contributed by atoms with Crippen molar-refractivity contribution in [2.45, 2.75) is 53.9 Å². The second-order valence-electron chi connectivity index (χ2n) is 4.49. The van der Waals surface area contributed by atoms with E-state index in [2.05, 4.69) is 32.7 Å². The molecule has 1 rings (SSSR count). The Morgan fingerprint density at radius 2 is 1.82 bits per heavy atom. The lowest BCUT2D eigenvalue weighted by molar-refractivity contribution is 0.0690. The van der Waals surface area contributed by atoms with Gasteiger partial charge in [0.1, 0.15) is 5.69 Å². The number of carboxylic acids is 1. The maximum atomic E-state index is 10.7. The topological polar surface area (TPSA) is 50.2 Å². The van der Waals surface area contributed by atoms with E-state index in [9.17, 15) is 4.79 Å². The van der Waals surface area contributed by atoms with Crippen molar-refractivity contribution in [3.8, 4) is 0 Å². The average Bonchev–Trinajstić information content (AvgIpc) is 2.16. The molecule has 0 atom stereocenters. The predicted octanol–water partition coefficient (Wildman–Crippen LogP) is 3.94. The molecule has 0 aliphatic heterocycles. The number of hydrogen-bond donors (Lipinski definition) is 1. The fourth-order valence-corrected chi connectivity index (χ4v) is 1.82. The molecule has 0 unspecified atom stereocenters. The highest BCUT2D eigenvalue weighted by Gasteiger charge is 2.13. The molecule has 17 heavy (non-hydrogen) atoms. The Balaban J connectivity index is 0.000000770. The number of aromatic nitrogens is 1. The van der Waals surface area contributed by atoms with Crippen molar-refractivity contribution in [2.24, 2.45) is 0 Å². The van der Waals surface area contributed by atoms with Gasteiger partial charge in [0.15, 0.2) is 0 Å². The van der Waals surface area contributed by atoms with Gasteiger partial charge in [0.05, 0.1) is 0 Å². The fourth-order valence-electron chi connectivity index (χ4n) is 1.82. The highest BCUT2D eigenvalue weighted by Crippen LogP contribution is 2.22. The summed E-state index contributed by atoms with van der Waals surface area (Å²) in [5.74, 6) is -0.586. The van der Waals surface area contributed by atoms with Crippen molar-refractivity contribution in [1.29, 1.82) is 0 Å². The van der Waals surface area contributed by atoms with Crippen LogP contribution in [0, 0.1) is 13.8 Å². The Labute approximate surface area is 104 Å². The maximum Gasteiger partial charge on any atom is 0.354 e. The number of aromatic carboxylic acids is 1. The highest BCUT2D eigenvalue weighted by atomic mass is 16.4. The van der Waals surface area contributed by atoms with Crippen LogP contribution in [0.15, 0.2) is 6.07 Å². The van der Waals surface area contributed by atoms with Crippen LogP contribution in [0.1, 0.15) is 67.3 Å². The zero-order valence-corrected chi connectivity index (χ0v) is 11.7. The Bertz CT molecular complexity index is 361. The molecule has 0 amide bonds. The van der Waals surface area contributed by atoms with E-state index in [1.807, 2.05) is 13.8 Å². The van der Waals surface area contributed by atoms with Crippen LogP contribution in [0.25, 0.3) is 0 Å². The molecule has 0 aliphatic rings. The Hall–Kier alpha value is -1.38. The number of rotatable bonds is 2. The van der Waals surface area contributed by atoms with Crippen molar-refractivity contribution < 1.29 is 9.90 Å². The third-order valence-corrected chi connectivity index (χ3v) is 2.25. The zero-order valence-electron chi connectivity index (χ0n) is 11.7. The SMILES string of the molecule is CCC.Cc1cc(C(=O)O)nc(C)c1C(C)C. The molecule has 1 heterocycles. The molecule has 96 valence electrons. The van der Waals surface area contributed by atoms with Crippen molar-refractivity contribution in [1.82, 2.24) is 4.98 Å². The molecule has 0 spiro atoms. The summed E-state index contributed by atoms with van der Waals surface area (Å²) in [5.41, 5.74) is 3.10. The molecule has 0 saturated heterocycles. The standard InChI is InChI=1S/C11H15NO2.C3H8/c1-6(2)10-7(3)5-9(11(13)14)12-8(10)4;1-3-2/h5-6H,1-4H3,(H,13,14);3H2,1-2H3. The van der Waals surface area contributed by atoms with Crippen LogP contribution >= 0.6 is 0 Å². The number of nitrogens with zero attached hydrogens (tertiary/aromatic N) is 1. The molecular weight excluding hydrogens is 214 g/mol. The first-order chi connectivity index (χ1) is 7.84. The first kappa shape index (κ1) is 15.6. The van der Waals surface area contributed by atoms with E-state index in [0.29, 0.717) is 5.92 Å². The molecule has 0 fully saturated rings. The second kappa shape index (κ2) is 7.05. The molecule has 1 aromatic heterocycles. The third kappa shape index (κ3) is 4.55. The summed E-state index contributed by atoms with van der Waals surface area (Å²) in [6.45, 7) is 12.2.